The Labute approximate surface area is 203 Å². The zero-order valence-electron chi connectivity index (χ0n) is 19.3. The number of carbonyl (C=O) groups excluding carboxylic acids is 1. The first-order valence-corrected chi connectivity index (χ1v) is 11.6. The summed E-state index contributed by atoms with van der Waals surface area (Å²) < 4.78 is 14.8. The van der Waals surface area contributed by atoms with Crippen LogP contribution in [0.25, 0.3) is 5.69 Å². The van der Waals surface area contributed by atoms with Crippen LogP contribution in [0.4, 0.5) is 4.39 Å². The summed E-state index contributed by atoms with van der Waals surface area (Å²) in [5.41, 5.74) is 2.22. The van der Waals surface area contributed by atoms with Crippen LogP contribution in [-0.4, -0.2) is 62.0 Å². The van der Waals surface area contributed by atoms with Gasteiger partial charge in [-0.2, -0.15) is 0 Å². The molecule has 1 amide bonds. The molecule has 1 fully saturated rings. The van der Waals surface area contributed by atoms with E-state index in [9.17, 15) is 19.1 Å². The van der Waals surface area contributed by atoms with Crippen LogP contribution in [-0.2, 0) is 4.79 Å². The summed E-state index contributed by atoms with van der Waals surface area (Å²) in [6.07, 6.45) is 6.96. The van der Waals surface area contributed by atoms with Crippen LogP contribution in [0.3, 0.4) is 0 Å². The van der Waals surface area contributed by atoms with Gasteiger partial charge in [0.05, 0.1) is 18.1 Å². The Balaban J connectivity index is 1.30. The maximum atomic E-state index is 13.2. The first-order valence-electron chi connectivity index (χ1n) is 11.6. The molecule has 1 aliphatic rings. The number of amides is 1. The van der Waals surface area contributed by atoms with Gasteiger partial charge >= 0.3 is 5.97 Å². The zero-order valence-corrected chi connectivity index (χ0v) is 19.3. The van der Waals surface area contributed by atoms with E-state index in [1.165, 1.54) is 12.1 Å². The fraction of sp³-hybridized carbons (Fsp3) is 0.308. The fourth-order valence-electron chi connectivity index (χ4n) is 4.32. The molecule has 0 spiro atoms. The van der Waals surface area contributed by atoms with Crippen molar-refractivity contribution in [3.05, 3.63) is 90.5 Å². The molecule has 0 bridgehead atoms. The van der Waals surface area contributed by atoms with E-state index in [2.05, 4.69) is 27.1 Å². The van der Waals surface area contributed by atoms with Gasteiger partial charge in [-0.15, -0.1) is 11.7 Å². The summed E-state index contributed by atoms with van der Waals surface area (Å²) in [7, 11) is 0. The largest absolute Gasteiger partial charge is 0.480 e. The van der Waals surface area contributed by atoms with Crippen LogP contribution >= 0.6 is 0 Å². The van der Waals surface area contributed by atoms with Gasteiger partial charge in [0.1, 0.15) is 11.9 Å². The highest BCUT2D eigenvalue weighted by molar-refractivity contribution is 5.96. The number of rotatable bonds is 12. The van der Waals surface area contributed by atoms with Crippen molar-refractivity contribution in [2.45, 2.75) is 37.3 Å². The lowest BCUT2D eigenvalue weighted by atomic mass is 10.1. The molecule has 35 heavy (non-hydrogen) atoms. The van der Waals surface area contributed by atoms with Crippen LogP contribution in [0.15, 0.2) is 73.6 Å². The van der Waals surface area contributed by atoms with Crippen LogP contribution in [0.1, 0.15) is 41.1 Å². The molecule has 0 saturated heterocycles. The monoisotopic (exact) mass is 477 g/mol. The van der Waals surface area contributed by atoms with Crippen molar-refractivity contribution < 1.29 is 19.1 Å². The van der Waals surface area contributed by atoms with Crippen molar-refractivity contribution in [2.24, 2.45) is 0 Å². The summed E-state index contributed by atoms with van der Waals surface area (Å²) in [4.78, 5) is 26.7. The summed E-state index contributed by atoms with van der Waals surface area (Å²) >= 11 is 0. The lowest BCUT2D eigenvalue weighted by Crippen LogP contribution is -2.41. The Morgan fingerprint density at radius 3 is 2.60 bits per heavy atom. The molecule has 0 radical (unpaired) electrons. The van der Waals surface area contributed by atoms with Gasteiger partial charge < -0.3 is 10.4 Å². The summed E-state index contributed by atoms with van der Waals surface area (Å²) in [6, 6.07) is 12.6. The van der Waals surface area contributed by atoms with E-state index in [-0.39, 0.29) is 5.82 Å². The predicted molar refractivity (Wildman–Crippen MR) is 129 cm³/mol. The Kier molecular flexibility index (Phi) is 7.67. The number of benzene rings is 2. The lowest BCUT2D eigenvalue weighted by molar-refractivity contribution is -0.139. The van der Waals surface area contributed by atoms with E-state index in [4.69, 9.17) is 0 Å². The van der Waals surface area contributed by atoms with Gasteiger partial charge in [-0.25, -0.2) is 13.9 Å². The minimum absolute atomic E-state index is 0.248. The molecule has 1 saturated carbocycles. The van der Waals surface area contributed by atoms with Crippen molar-refractivity contribution in [3.8, 4) is 5.69 Å². The fourth-order valence-corrected chi connectivity index (χ4v) is 4.32. The SMILES string of the molecule is C=CCN(CCC[C@H](NC(=O)c1ccc(-n2ccnn2)cc1)C(=O)O)[C@@H]1C[C@H]1c1ccc(F)cc1. The van der Waals surface area contributed by atoms with E-state index in [1.54, 1.807) is 41.3 Å². The third-order valence-electron chi connectivity index (χ3n) is 6.25. The molecule has 1 heterocycles. The highest BCUT2D eigenvalue weighted by Crippen LogP contribution is 2.44. The van der Waals surface area contributed by atoms with E-state index in [0.29, 0.717) is 43.5 Å². The quantitative estimate of drug-likeness (QED) is 0.388. The van der Waals surface area contributed by atoms with Gasteiger partial charge in [0.25, 0.3) is 5.91 Å². The number of hydrogen-bond donors (Lipinski definition) is 2. The first kappa shape index (κ1) is 24.3. The zero-order chi connectivity index (χ0) is 24.8. The maximum Gasteiger partial charge on any atom is 0.326 e. The van der Waals surface area contributed by atoms with Crippen molar-refractivity contribution in [3.63, 3.8) is 0 Å². The van der Waals surface area contributed by atoms with Crippen molar-refractivity contribution >= 4 is 11.9 Å². The van der Waals surface area contributed by atoms with E-state index in [1.807, 2.05) is 18.2 Å². The lowest BCUT2D eigenvalue weighted by Gasteiger charge is -2.22. The highest BCUT2D eigenvalue weighted by atomic mass is 19.1. The Morgan fingerprint density at radius 1 is 1.23 bits per heavy atom. The first-order chi connectivity index (χ1) is 17.0. The van der Waals surface area contributed by atoms with Crippen molar-refractivity contribution in [1.82, 2.24) is 25.2 Å². The third kappa shape index (κ3) is 6.19. The van der Waals surface area contributed by atoms with E-state index < -0.39 is 17.9 Å². The second-order valence-electron chi connectivity index (χ2n) is 8.65. The average Bonchev–Trinajstić information content (AvgIpc) is 3.45. The summed E-state index contributed by atoms with van der Waals surface area (Å²) in [5, 5.41) is 19.9. The summed E-state index contributed by atoms with van der Waals surface area (Å²) in [5.74, 6) is -1.42. The molecule has 0 aliphatic heterocycles. The molecule has 8 nitrogen and oxygen atoms in total. The number of hydrogen-bond acceptors (Lipinski definition) is 5. The van der Waals surface area contributed by atoms with Crippen LogP contribution in [0, 0.1) is 5.82 Å². The summed E-state index contributed by atoms with van der Waals surface area (Å²) in [6.45, 7) is 5.20. The minimum atomic E-state index is -1.07. The molecule has 2 aromatic carbocycles. The van der Waals surface area contributed by atoms with Crippen molar-refractivity contribution in [1.29, 1.82) is 0 Å². The number of aromatic nitrogens is 3. The number of halogens is 1. The second kappa shape index (κ2) is 11.1. The molecule has 3 aromatic rings. The number of carboxylic acids is 1. The van der Waals surface area contributed by atoms with E-state index >= 15 is 0 Å². The van der Waals surface area contributed by atoms with Crippen LogP contribution < -0.4 is 5.32 Å². The van der Waals surface area contributed by atoms with Crippen LogP contribution in [0.2, 0.25) is 0 Å². The Hall–Kier alpha value is -3.85. The van der Waals surface area contributed by atoms with Gasteiger partial charge in [0.2, 0.25) is 0 Å². The predicted octanol–water partition coefficient (Wildman–Crippen LogP) is 3.41. The van der Waals surface area contributed by atoms with Gasteiger partial charge in [-0.1, -0.05) is 23.4 Å². The normalized spacial score (nSPS) is 17.7. The van der Waals surface area contributed by atoms with Crippen molar-refractivity contribution in [2.75, 3.05) is 13.1 Å². The van der Waals surface area contributed by atoms with Gasteiger partial charge in [-0.3, -0.25) is 9.69 Å². The molecule has 0 unspecified atom stereocenters. The minimum Gasteiger partial charge on any atom is -0.480 e. The number of nitrogens with one attached hydrogen (secondary N) is 1. The molecular weight excluding hydrogens is 449 g/mol. The van der Waals surface area contributed by atoms with Crippen LogP contribution in [0.5, 0.6) is 0 Å². The number of aliphatic carboxylic acids is 1. The van der Waals surface area contributed by atoms with Gasteiger partial charge in [0.15, 0.2) is 0 Å². The Bertz CT molecular complexity index is 1150. The number of carbonyl (C=O) groups is 2. The number of nitrogens with zero attached hydrogens (tertiary/aromatic N) is 4. The van der Waals surface area contributed by atoms with Gasteiger partial charge in [0, 0.05) is 24.1 Å². The Morgan fingerprint density at radius 2 is 1.97 bits per heavy atom. The molecule has 2 N–H and O–H groups in total. The smallest absolute Gasteiger partial charge is 0.326 e. The second-order valence-corrected chi connectivity index (χ2v) is 8.65. The van der Waals surface area contributed by atoms with E-state index in [0.717, 1.165) is 17.7 Å². The molecule has 9 heteroatoms. The highest BCUT2D eigenvalue weighted by Gasteiger charge is 2.42. The van der Waals surface area contributed by atoms with Gasteiger partial charge in [-0.05, 0) is 67.8 Å². The molecule has 182 valence electrons. The molecule has 1 aromatic heterocycles. The average molecular weight is 478 g/mol. The molecule has 4 rings (SSSR count). The third-order valence-corrected chi connectivity index (χ3v) is 6.25. The maximum absolute atomic E-state index is 13.2. The number of carboxylic acid groups (broad SMARTS) is 1. The topological polar surface area (TPSA) is 100 Å². The standard InChI is InChI=1S/C26H28FN5O3/c1-2-14-31(24-17-22(24)18-5-9-20(27)10-6-18)15-3-4-23(26(34)35)29-25(33)19-7-11-21(12-8-19)32-16-13-28-30-32/h2,5-13,16,22-24H,1,3-4,14-15,17H2,(H,29,33)(H,34,35)/t22-,23-,24+/m0/s1. The molecular formula is C26H28FN5O3. The molecule has 1 aliphatic carbocycles. The molecule has 3 atom stereocenters.